The Morgan fingerprint density at radius 3 is 2.77 bits per heavy atom. The average molecular weight is 371 g/mol. The highest BCUT2D eigenvalue weighted by Crippen LogP contribution is 2.41. The van der Waals surface area contributed by atoms with Gasteiger partial charge >= 0.3 is 5.97 Å². The minimum atomic E-state index is -0.536. The summed E-state index contributed by atoms with van der Waals surface area (Å²) in [6.45, 7) is 1.65. The lowest BCUT2D eigenvalue weighted by Crippen LogP contribution is -2.33. The van der Waals surface area contributed by atoms with Crippen LogP contribution in [0.25, 0.3) is 5.57 Å². The minimum absolute atomic E-state index is 0.142. The first-order chi connectivity index (χ1) is 12.5. The first-order valence-electron chi connectivity index (χ1n) is 7.95. The number of halogens is 1. The number of carbonyl (C=O) groups excluding carboxylic acids is 3. The molecule has 26 heavy (non-hydrogen) atoms. The highest BCUT2D eigenvalue weighted by molar-refractivity contribution is 6.42. The first kappa shape index (κ1) is 17.8. The zero-order valence-corrected chi connectivity index (χ0v) is 14.7. The molecule has 0 spiro atoms. The van der Waals surface area contributed by atoms with Crippen molar-refractivity contribution in [1.29, 1.82) is 0 Å². The van der Waals surface area contributed by atoms with Crippen LogP contribution in [0.15, 0.2) is 48.8 Å². The van der Waals surface area contributed by atoms with Crippen molar-refractivity contribution in [3.8, 4) is 0 Å². The molecule has 1 aliphatic rings. The second-order valence-electron chi connectivity index (χ2n) is 5.49. The number of aromatic nitrogens is 1. The predicted molar refractivity (Wildman–Crippen MR) is 97.0 cm³/mol. The van der Waals surface area contributed by atoms with Crippen molar-refractivity contribution >= 4 is 40.5 Å². The Kier molecular flexibility index (Phi) is 5.14. The molecule has 1 aromatic carbocycles. The molecule has 0 radical (unpaired) electrons. The fourth-order valence-electron chi connectivity index (χ4n) is 2.72. The number of pyridine rings is 1. The van der Waals surface area contributed by atoms with Gasteiger partial charge in [0.2, 0.25) is 0 Å². The van der Waals surface area contributed by atoms with E-state index in [1.807, 2.05) is 0 Å². The van der Waals surface area contributed by atoms with Gasteiger partial charge in [0, 0.05) is 23.5 Å². The van der Waals surface area contributed by atoms with Crippen LogP contribution >= 0.6 is 11.6 Å². The van der Waals surface area contributed by atoms with Crippen molar-refractivity contribution in [2.45, 2.75) is 6.92 Å². The molecular weight excluding hydrogens is 356 g/mol. The number of ether oxygens (including phenoxy) is 1. The van der Waals surface area contributed by atoms with Crippen LogP contribution in [0.5, 0.6) is 0 Å². The quantitative estimate of drug-likeness (QED) is 0.459. The van der Waals surface area contributed by atoms with Gasteiger partial charge in [-0.15, -0.1) is 0 Å². The van der Waals surface area contributed by atoms with Crippen LogP contribution in [0.3, 0.4) is 0 Å². The highest BCUT2D eigenvalue weighted by Gasteiger charge is 2.36. The summed E-state index contributed by atoms with van der Waals surface area (Å²) in [4.78, 5) is 42.3. The van der Waals surface area contributed by atoms with Crippen molar-refractivity contribution in [2.24, 2.45) is 0 Å². The van der Waals surface area contributed by atoms with Gasteiger partial charge in [0.15, 0.2) is 5.78 Å². The summed E-state index contributed by atoms with van der Waals surface area (Å²) in [6.07, 6.45) is 4.20. The minimum Gasteiger partial charge on any atom is -0.465 e. The lowest BCUT2D eigenvalue weighted by atomic mass is 10.0. The second kappa shape index (κ2) is 7.49. The molecule has 6 nitrogen and oxygen atoms in total. The zero-order valence-electron chi connectivity index (χ0n) is 13.9. The molecule has 0 aliphatic carbocycles. The highest BCUT2D eigenvalue weighted by atomic mass is 35.5. The SMILES string of the molecule is CCOC(=O)CN1C(=O)/C(=C/C(=O)c2cccnc2)c2c(Cl)cccc21. The van der Waals surface area contributed by atoms with Gasteiger partial charge in [-0.2, -0.15) is 0 Å². The number of rotatable bonds is 5. The number of allylic oxidation sites excluding steroid dienone is 1. The number of benzene rings is 1. The van der Waals surface area contributed by atoms with Gasteiger partial charge in [-0.1, -0.05) is 17.7 Å². The van der Waals surface area contributed by atoms with Gasteiger partial charge in [0.1, 0.15) is 6.54 Å². The monoisotopic (exact) mass is 370 g/mol. The van der Waals surface area contributed by atoms with Crippen molar-refractivity contribution in [3.05, 3.63) is 65.0 Å². The Morgan fingerprint density at radius 2 is 2.08 bits per heavy atom. The molecule has 0 bridgehead atoms. The third-order valence-electron chi connectivity index (χ3n) is 3.84. The van der Waals surface area contributed by atoms with Gasteiger partial charge in [-0.05, 0) is 37.3 Å². The normalized spacial score (nSPS) is 14.5. The molecule has 0 saturated carbocycles. The average Bonchev–Trinajstić information content (AvgIpc) is 2.89. The number of anilines is 1. The number of hydrogen-bond acceptors (Lipinski definition) is 5. The molecule has 2 aromatic rings. The molecule has 0 unspecified atom stereocenters. The van der Waals surface area contributed by atoms with Crippen molar-refractivity contribution < 1.29 is 19.1 Å². The van der Waals surface area contributed by atoms with Crippen LogP contribution in [-0.4, -0.2) is 35.8 Å². The molecule has 2 heterocycles. The number of carbonyl (C=O) groups is 3. The van der Waals surface area contributed by atoms with Crippen LogP contribution in [0, 0.1) is 0 Å². The number of nitrogens with zero attached hydrogens (tertiary/aromatic N) is 2. The van der Waals surface area contributed by atoms with Gasteiger partial charge in [0.25, 0.3) is 5.91 Å². The molecule has 1 amide bonds. The van der Waals surface area contributed by atoms with Crippen LogP contribution in [0.2, 0.25) is 5.02 Å². The Balaban J connectivity index is 2.02. The lowest BCUT2D eigenvalue weighted by molar-refractivity contribution is -0.142. The predicted octanol–water partition coefficient (Wildman–Crippen LogP) is 2.91. The summed E-state index contributed by atoms with van der Waals surface area (Å²) in [5.74, 6) is -1.38. The van der Waals surface area contributed by atoms with Crippen LogP contribution in [-0.2, 0) is 14.3 Å². The summed E-state index contributed by atoms with van der Waals surface area (Å²) >= 11 is 6.26. The van der Waals surface area contributed by atoms with Gasteiger partial charge in [-0.3, -0.25) is 24.3 Å². The molecular formula is C19H15ClN2O4. The van der Waals surface area contributed by atoms with Gasteiger partial charge in [0.05, 0.1) is 22.9 Å². The number of amides is 1. The smallest absolute Gasteiger partial charge is 0.326 e. The summed E-state index contributed by atoms with van der Waals surface area (Å²) in [6, 6.07) is 8.22. The third kappa shape index (κ3) is 3.36. The maximum Gasteiger partial charge on any atom is 0.326 e. The van der Waals surface area contributed by atoms with Crippen molar-refractivity contribution in [1.82, 2.24) is 4.98 Å². The Bertz CT molecular complexity index is 909. The number of hydrogen-bond donors (Lipinski definition) is 0. The van der Waals surface area contributed by atoms with E-state index in [1.165, 1.54) is 17.2 Å². The second-order valence-corrected chi connectivity index (χ2v) is 5.90. The van der Waals surface area contributed by atoms with E-state index in [0.717, 1.165) is 0 Å². The summed E-state index contributed by atoms with van der Waals surface area (Å²) in [5, 5.41) is 0.326. The molecule has 0 atom stereocenters. The van der Waals surface area contributed by atoms with Crippen molar-refractivity contribution in [2.75, 3.05) is 18.1 Å². The number of fused-ring (bicyclic) bond motifs is 1. The van der Waals surface area contributed by atoms with E-state index in [4.69, 9.17) is 16.3 Å². The fraction of sp³-hybridized carbons (Fsp3) is 0.158. The zero-order chi connectivity index (χ0) is 18.7. The molecule has 3 rings (SSSR count). The largest absolute Gasteiger partial charge is 0.465 e. The number of esters is 1. The third-order valence-corrected chi connectivity index (χ3v) is 4.16. The molecule has 7 heteroatoms. The van der Waals surface area contributed by atoms with E-state index in [1.54, 1.807) is 43.5 Å². The van der Waals surface area contributed by atoms with E-state index in [-0.39, 0.29) is 24.5 Å². The van der Waals surface area contributed by atoms with Crippen molar-refractivity contribution in [3.63, 3.8) is 0 Å². The Labute approximate surface area is 155 Å². The Hall–Kier alpha value is -2.99. The van der Waals surface area contributed by atoms with Gasteiger partial charge < -0.3 is 4.74 Å². The fourth-order valence-corrected chi connectivity index (χ4v) is 2.99. The van der Waals surface area contributed by atoms with E-state index in [0.29, 0.717) is 21.8 Å². The van der Waals surface area contributed by atoms with Gasteiger partial charge in [-0.25, -0.2) is 0 Å². The maximum atomic E-state index is 12.8. The molecule has 1 aromatic heterocycles. The van der Waals surface area contributed by atoms with Crippen LogP contribution in [0.4, 0.5) is 5.69 Å². The topological polar surface area (TPSA) is 76.6 Å². The number of ketones is 1. The molecule has 0 fully saturated rings. The first-order valence-corrected chi connectivity index (χ1v) is 8.33. The van der Waals surface area contributed by atoms with Crippen LogP contribution < -0.4 is 4.90 Å². The summed E-state index contributed by atoms with van der Waals surface area (Å²) in [5.41, 5.74) is 1.40. The standard InChI is InChI=1S/C19H15ClN2O4/c1-2-26-17(24)11-22-15-7-3-6-14(20)18(15)13(19(22)25)9-16(23)12-5-4-8-21-10-12/h3-10H,2,11H2,1H3/b13-9+. The van der Waals surface area contributed by atoms with E-state index >= 15 is 0 Å². The van der Waals surface area contributed by atoms with E-state index in [2.05, 4.69) is 4.98 Å². The molecule has 0 N–H and O–H groups in total. The maximum absolute atomic E-state index is 12.8. The summed E-state index contributed by atoms with van der Waals surface area (Å²) < 4.78 is 4.92. The van der Waals surface area contributed by atoms with E-state index < -0.39 is 11.9 Å². The Morgan fingerprint density at radius 1 is 1.27 bits per heavy atom. The molecule has 0 saturated heterocycles. The lowest BCUT2D eigenvalue weighted by Gasteiger charge is -2.15. The van der Waals surface area contributed by atoms with Crippen LogP contribution in [0.1, 0.15) is 22.8 Å². The molecule has 132 valence electrons. The van der Waals surface area contributed by atoms with E-state index in [9.17, 15) is 14.4 Å². The molecule has 1 aliphatic heterocycles. The summed E-state index contributed by atoms with van der Waals surface area (Å²) in [7, 11) is 0.